The van der Waals surface area contributed by atoms with E-state index in [9.17, 15) is 0 Å². The molecule has 0 aromatic heterocycles. The topological polar surface area (TPSA) is 53.6 Å². The minimum absolute atomic E-state index is 0.698. The number of benzene rings is 1. The zero-order valence-electron chi connectivity index (χ0n) is 10.9. The largest absolute Gasteiger partial charge is 0.315 e. The van der Waals surface area contributed by atoms with Gasteiger partial charge in [-0.2, -0.15) is 0 Å². The van der Waals surface area contributed by atoms with Crippen molar-refractivity contribution in [3.63, 3.8) is 0 Å². The average Bonchev–Trinajstić information content (AvgIpc) is 2.34. The van der Waals surface area contributed by atoms with Crippen LogP contribution in [-0.2, 0) is 0 Å². The zero-order chi connectivity index (χ0) is 12.7. The lowest BCUT2D eigenvalue weighted by Gasteiger charge is -2.21. The van der Waals surface area contributed by atoms with Gasteiger partial charge in [-0.05, 0) is 31.0 Å². The summed E-state index contributed by atoms with van der Waals surface area (Å²) in [5.41, 5.74) is 4.96. The lowest BCUT2D eigenvalue weighted by atomic mass is 10.2. The smallest absolute Gasteiger partial charge is 0.212 e. The third-order valence-corrected chi connectivity index (χ3v) is 2.61. The van der Waals surface area contributed by atoms with E-state index in [2.05, 4.69) is 36.4 Å². The molecule has 0 aliphatic carbocycles. The van der Waals surface area contributed by atoms with Crippen molar-refractivity contribution < 1.29 is 0 Å². The molecule has 4 heteroatoms. The fourth-order valence-electron chi connectivity index (χ4n) is 1.55. The Bertz CT molecular complexity index is 373. The van der Waals surface area contributed by atoms with Crippen LogP contribution in [0.3, 0.4) is 0 Å². The minimum Gasteiger partial charge on any atom is -0.315 e. The SMILES string of the molecule is CCCCN=C(NN)N(C)c1cccc(C)c1. The minimum atomic E-state index is 0.698. The maximum atomic E-state index is 5.51. The first-order chi connectivity index (χ1) is 8.19. The average molecular weight is 234 g/mol. The van der Waals surface area contributed by atoms with Crippen molar-refractivity contribution in [2.24, 2.45) is 10.8 Å². The van der Waals surface area contributed by atoms with Gasteiger partial charge in [0.05, 0.1) is 0 Å². The second kappa shape index (κ2) is 6.91. The van der Waals surface area contributed by atoms with Crippen LogP contribution in [0.15, 0.2) is 29.3 Å². The third kappa shape index (κ3) is 4.07. The molecule has 0 aliphatic rings. The highest BCUT2D eigenvalue weighted by atomic mass is 15.4. The normalized spacial score (nSPS) is 11.4. The van der Waals surface area contributed by atoms with E-state index in [1.165, 1.54) is 5.56 Å². The van der Waals surface area contributed by atoms with Gasteiger partial charge in [-0.15, -0.1) is 0 Å². The van der Waals surface area contributed by atoms with Crippen LogP contribution in [0, 0.1) is 6.92 Å². The monoisotopic (exact) mass is 234 g/mol. The molecule has 0 aliphatic heterocycles. The molecule has 0 fully saturated rings. The van der Waals surface area contributed by atoms with Gasteiger partial charge in [0.25, 0.3) is 0 Å². The van der Waals surface area contributed by atoms with Gasteiger partial charge >= 0.3 is 0 Å². The zero-order valence-corrected chi connectivity index (χ0v) is 10.9. The van der Waals surface area contributed by atoms with Gasteiger partial charge < -0.3 is 4.90 Å². The molecule has 4 nitrogen and oxygen atoms in total. The first kappa shape index (κ1) is 13.5. The van der Waals surface area contributed by atoms with Crippen LogP contribution < -0.4 is 16.2 Å². The predicted octanol–water partition coefficient (Wildman–Crippen LogP) is 2.05. The first-order valence-corrected chi connectivity index (χ1v) is 6.00. The van der Waals surface area contributed by atoms with Gasteiger partial charge in [-0.25, -0.2) is 5.84 Å². The van der Waals surface area contributed by atoms with E-state index in [1.54, 1.807) is 0 Å². The summed E-state index contributed by atoms with van der Waals surface area (Å²) in [5.74, 6) is 6.21. The van der Waals surface area contributed by atoms with Crippen molar-refractivity contribution in [1.82, 2.24) is 5.43 Å². The first-order valence-electron chi connectivity index (χ1n) is 6.00. The molecule has 0 amide bonds. The number of unbranched alkanes of at least 4 members (excludes halogenated alkanes) is 1. The second-order valence-corrected chi connectivity index (χ2v) is 4.10. The van der Waals surface area contributed by atoms with Gasteiger partial charge in [0.2, 0.25) is 5.96 Å². The highest BCUT2D eigenvalue weighted by Crippen LogP contribution is 2.14. The lowest BCUT2D eigenvalue weighted by molar-refractivity contribution is 0.797. The number of aryl methyl sites for hydroxylation is 1. The number of nitrogens with zero attached hydrogens (tertiary/aromatic N) is 2. The summed E-state index contributed by atoms with van der Waals surface area (Å²) in [5, 5.41) is 0. The summed E-state index contributed by atoms with van der Waals surface area (Å²) in [4.78, 5) is 6.41. The molecule has 1 rings (SSSR count). The Hall–Kier alpha value is -1.55. The maximum absolute atomic E-state index is 5.51. The maximum Gasteiger partial charge on any atom is 0.212 e. The second-order valence-electron chi connectivity index (χ2n) is 4.10. The van der Waals surface area contributed by atoms with Gasteiger partial charge in [-0.3, -0.25) is 10.4 Å². The molecule has 1 aromatic rings. The summed E-state index contributed by atoms with van der Waals surface area (Å²) in [7, 11) is 1.96. The Morgan fingerprint density at radius 1 is 1.47 bits per heavy atom. The summed E-state index contributed by atoms with van der Waals surface area (Å²) < 4.78 is 0. The Balaban J connectivity index is 2.78. The van der Waals surface area contributed by atoms with Crippen LogP contribution in [0.4, 0.5) is 5.69 Å². The van der Waals surface area contributed by atoms with Crippen molar-refractivity contribution in [1.29, 1.82) is 0 Å². The standard InChI is InChI=1S/C13H22N4/c1-4-5-9-15-13(16-14)17(3)12-8-6-7-11(2)10-12/h6-8,10H,4-5,9,14H2,1-3H3,(H,15,16). The molecule has 3 N–H and O–H groups in total. The number of hydrogen-bond acceptors (Lipinski definition) is 2. The van der Waals surface area contributed by atoms with E-state index >= 15 is 0 Å². The molecule has 94 valence electrons. The Kier molecular flexibility index (Phi) is 5.49. The summed E-state index contributed by atoms with van der Waals surface area (Å²) in [6, 6.07) is 8.24. The molecule has 0 unspecified atom stereocenters. The molecule has 17 heavy (non-hydrogen) atoms. The van der Waals surface area contributed by atoms with Crippen molar-refractivity contribution in [2.45, 2.75) is 26.7 Å². The van der Waals surface area contributed by atoms with Crippen LogP contribution in [-0.4, -0.2) is 19.6 Å². The molecule has 1 aromatic carbocycles. The number of aliphatic imine (C=N–C) groups is 1. The van der Waals surface area contributed by atoms with E-state index in [0.717, 1.165) is 25.1 Å². The Morgan fingerprint density at radius 3 is 2.82 bits per heavy atom. The lowest BCUT2D eigenvalue weighted by Crippen LogP contribution is -2.43. The Labute approximate surface area is 104 Å². The summed E-state index contributed by atoms with van der Waals surface area (Å²) >= 11 is 0. The van der Waals surface area contributed by atoms with Gasteiger partial charge in [0.1, 0.15) is 0 Å². The van der Waals surface area contributed by atoms with Gasteiger partial charge in [0, 0.05) is 19.3 Å². The third-order valence-electron chi connectivity index (χ3n) is 2.61. The van der Waals surface area contributed by atoms with E-state index < -0.39 is 0 Å². The summed E-state index contributed by atoms with van der Waals surface area (Å²) in [6.45, 7) is 5.02. The van der Waals surface area contributed by atoms with Crippen LogP contribution in [0.25, 0.3) is 0 Å². The molecule has 0 saturated heterocycles. The highest BCUT2D eigenvalue weighted by Gasteiger charge is 2.06. The fourth-order valence-corrected chi connectivity index (χ4v) is 1.55. The van der Waals surface area contributed by atoms with E-state index in [1.807, 2.05) is 24.1 Å². The van der Waals surface area contributed by atoms with Crippen molar-refractivity contribution in [3.8, 4) is 0 Å². The van der Waals surface area contributed by atoms with Gasteiger partial charge in [-0.1, -0.05) is 25.5 Å². The highest BCUT2D eigenvalue weighted by molar-refractivity contribution is 5.95. The van der Waals surface area contributed by atoms with Crippen molar-refractivity contribution >= 4 is 11.6 Å². The van der Waals surface area contributed by atoms with Crippen LogP contribution in [0.5, 0.6) is 0 Å². The predicted molar refractivity (Wildman–Crippen MR) is 74.1 cm³/mol. The Morgan fingerprint density at radius 2 is 2.24 bits per heavy atom. The molecule has 0 heterocycles. The summed E-state index contributed by atoms with van der Waals surface area (Å²) in [6.07, 6.45) is 2.21. The van der Waals surface area contributed by atoms with Crippen LogP contribution >= 0.6 is 0 Å². The molecule has 0 spiro atoms. The number of nitrogens with two attached hydrogens (primary N) is 1. The van der Waals surface area contributed by atoms with Gasteiger partial charge in [0.15, 0.2) is 0 Å². The van der Waals surface area contributed by atoms with E-state index in [0.29, 0.717) is 5.96 Å². The molecule has 0 bridgehead atoms. The van der Waals surface area contributed by atoms with Crippen LogP contribution in [0.1, 0.15) is 25.3 Å². The number of hydrogen-bond donors (Lipinski definition) is 2. The number of guanidine groups is 1. The quantitative estimate of drug-likeness (QED) is 0.276. The molecular formula is C13H22N4. The van der Waals surface area contributed by atoms with E-state index in [4.69, 9.17) is 5.84 Å². The fraction of sp³-hybridized carbons (Fsp3) is 0.462. The number of rotatable bonds is 4. The van der Waals surface area contributed by atoms with Crippen LogP contribution in [0.2, 0.25) is 0 Å². The molecule has 0 radical (unpaired) electrons. The molecule has 0 saturated carbocycles. The van der Waals surface area contributed by atoms with Crippen molar-refractivity contribution in [2.75, 3.05) is 18.5 Å². The number of hydrazine groups is 1. The molecule has 0 atom stereocenters. The number of anilines is 1. The number of nitrogens with one attached hydrogen (secondary N) is 1. The molecular weight excluding hydrogens is 212 g/mol. The van der Waals surface area contributed by atoms with E-state index in [-0.39, 0.29) is 0 Å². The van der Waals surface area contributed by atoms with Crippen molar-refractivity contribution in [3.05, 3.63) is 29.8 Å².